The maximum Gasteiger partial charge on any atom is 0.244 e. The third-order valence-corrected chi connectivity index (χ3v) is 2.92. The van der Waals surface area contributed by atoms with Crippen LogP contribution in [0.15, 0.2) is 17.4 Å². The number of hydrogen-bond acceptors (Lipinski definition) is 6. The Morgan fingerprint density at radius 2 is 2.28 bits per heavy atom. The third kappa shape index (κ3) is 3.07. The third-order valence-electron chi connectivity index (χ3n) is 2.92. The van der Waals surface area contributed by atoms with E-state index in [1.54, 1.807) is 6.07 Å². The second-order valence-corrected chi connectivity index (χ2v) is 4.13. The summed E-state index contributed by atoms with van der Waals surface area (Å²) in [5.74, 6) is 0.271. The Morgan fingerprint density at radius 3 is 3.00 bits per heavy atom. The lowest BCUT2D eigenvalue weighted by atomic mass is 10.3. The summed E-state index contributed by atoms with van der Waals surface area (Å²) in [5.41, 5.74) is 5.98. The molecule has 2 rings (SSSR count). The Labute approximate surface area is 105 Å². The van der Waals surface area contributed by atoms with Gasteiger partial charge in [-0.25, -0.2) is 0 Å². The first kappa shape index (κ1) is 12.6. The molecule has 0 aliphatic carbocycles. The molecule has 0 unspecified atom stereocenters. The van der Waals surface area contributed by atoms with Gasteiger partial charge in [0.2, 0.25) is 5.88 Å². The maximum atomic E-state index is 8.66. The number of ether oxygens (including phenoxy) is 1. The number of aromatic nitrogens is 2. The van der Waals surface area contributed by atoms with Crippen LogP contribution < -0.4 is 10.5 Å². The molecule has 1 fully saturated rings. The summed E-state index contributed by atoms with van der Waals surface area (Å²) in [5, 5.41) is 19.2. The lowest BCUT2D eigenvalue weighted by molar-refractivity contribution is 0.230. The van der Waals surface area contributed by atoms with E-state index in [1.807, 2.05) is 0 Å². The van der Waals surface area contributed by atoms with E-state index in [4.69, 9.17) is 15.7 Å². The van der Waals surface area contributed by atoms with Crippen LogP contribution >= 0.6 is 0 Å². The summed E-state index contributed by atoms with van der Waals surface area (Å²) in [6.07, 6.45) is 3.97. The molecule has 1 aliphatic heterocycles. The van der Waals surface area contributed by atoms with Gasteiger partial charge in [0, 0.05) is 6.54 Å². The zero-order valence-electron chi connectivity index (χ0n) is 10.1. The SMILES string of the molecule is N/C(=N/O)c1ccnnc1OCCN1CCCC1. The van der Waals surface area contributed by atoms with E-state index >= 15 is 0 Å². The highest BCUT2D eigenvalue weighted by molar-refractivity contribution is 5.98. The fourth-order valence-corrected chi connectivity index (χ4v) is 1.95. The van der Waals surface area contributed by atoms with E-state index in [0.717, 1.165) is 19.6 Å². The van der Waals surface area contributed by atoms with Crippen molar-refractivity contribution in [1.29, 1.82) is 0 Å². The molecule has 7 heteroatoms. The zero-order chi connectivity index (χ0) is 12.8. The largest absolute Gasteiger partial charge is 0.475 e. The van der Waals surface area contributed by atoms with Crippen LogP contribution in [0.25, 0.3) is 0 Å². The number of hydrogen-bond donors (Lipinski definition) is 2. The van der Waals surface area contributed by atoms with Gasteiger partial charge in [0.1, 0.15) is 6.61 Å². The van der Waals surface area contributed by atoms with Gasteiger partial charge in [-0.15, -0.1) is 5.10 Å². The summed E-state index contributed by atoms with van der Waals surface area (Å²) in [6, 6.07) is 1.60. The molecule has 0 amide bonds. The Hall–Kier alpha value is -1.89. The molecule has 3 N–H and O–H groups in total. The minimum Gasteiger partial charge on any atom is -0.475 e. The van der Waals surface area contributed by atoms with E-state index in [-0.39, 0.29) is 5.84 Å². The average molecular weight is 251 g/mol. The van der Waals surface area contributed by atoms with E-state index in [0.29, 0.717) is 18.1 Å². The Morgan fingerprint density at radius 1 is 1.50 bits per heavy atom. The molecule has 1 saturated heterocycles. The normalized spacial score (nSPS) is 17.0. The average Bonchev–Trinajstić information content (AvgIpc) is 2.92. The zero-order valence-corrected chi connectivity index (χ0v) is 10.1. The molecule has 7 nitrogen and oxygen atoms in total. The molecule has 0 atom stereocenters. The number of rotatable bonds is 5. The maximum absolute atomic E-state index is 8.66. The highest BCUT2D eigenvalue weighted by atomic mass is 16.5. The second-order valence-electron chi connectivity index (χ2n) is 4.13. The Balaban J connectivity index is 1.92. The van der Waals surface area contributed by atoms with Crippen LogP contribution in [-0.4, -0.2) is 52.4 Å². The predicted octanol–water partition coefficient (Wildman–Crippen LogP) is 0.0457. The number of likely N-dealkylation sites (tertiary alicyclic amines) is 1. The quantitative estimate of drug-likeness (QED) is 0.332. The van der Waals surface area contributed by atoms with Gasteiger partial charge in [-0.05, 0) is 32.0 Å². The molecular formula is C11H17N5O2. The standard InChI is InChI=1S/C11H17N5O2/c12-10(15-17)9-3-4-13-14-11(9)18-8-7-16-5-1-2-6-16/h3-4,17H,1-2,5-8H2,(H2,12,15). The van der Waals surface area contributed by atoms with Gasteiger partial charge < -0.3 is 15.7 Å². The smallest absolute Gasteiger partial charge is 0.244 e. The van der Waals surface area contributed by atoms with Crippen LogP contribution in [0.1, 0.15) is 18.4 Å². The van der Waals surface area contributed by atoms with Crippen molar-refractivity contribution in [1.82, 2.24) is 15.1 Å². The molecule has 0 bridgehead atoms. The van der Waals surface area contributed by atoms with E-state index in [1.165, 1.54) is 19.0 Å². The van der Waals surface area contributed by atoms with Crippen molar-refractivity contribution in [2.45, 2.75) is 12.8 Å². The van der Waals surface area contributed by atoms with Gasteiger partial charge in [-0.1, -0.05) is 5.16 Å². The Kier molecular flexibility index (Phi) is 4.30. The first-order chi connectivity index (χ1) is 8.81. The number of oxime groups is 1. The van der Waals surface area contributed by atoms with Gasteiger partial charge in [-0.3, -0.25) is 4.90 Å². The van der Waals surface area contributed by atoms with Gasteiger partial charge in [0.25, 0.3) is 0 Å². The van der Waals surface area contributed by atoms with Gasteiger partial charge >= 0.3 is 0 Å². The van der Waals surface area contributed by atoms with Crippen molar-refractivity contribution in [3.63, 3.8) is 0 Å². The first-order valence-corrected chi connectivity index (χ1v) is 5.96. The van der Waals surface area contributed by atoms with Crippen LogP contribution in [0.5, 0.6) is 5.88 Å². The van der Waals surface area contributed by atoms with Gasteiger partial charge in [0.05, 0.1) is 11.8 Å². The predicted molar refractivity (Wildman–Crippen MR) is 65.7 cm³/mol. The molecule has 0 aromatic carbocycles. The molecule has 0 radical (unpaired) electrons. The van der Waals surface area contributed by atoms with Crippen molar-refractivity contribution in [3.05, 3.63) is 17.8 Å². The van der Waals surface area contributed by atoms with Crippen molar-refractivity contribution in [2.75, 3.05) is 26.2 Å². The number of amidine groups is 1. The molecule has 1 aromatic rings. The molecule has 98 valence electrons. The highest BCUT2D eigenvalue weighted by Crippen LogP contribution is 2.13. The van der Waals surface area contributed by atoms with Crippen LogP contribution in [0.2, 0.25) is 0 Å². The van der Waals surface area contributed by atoms with Crippen LogP contribution in [-0.2, 0) is 0 Å². The summed E-state index contributed by atoms with van der Waals surface area (Å²) in [4.78, 5) is 2.33. The summed E-state index contributed by atoms with van der Waals surface area (Å²) in [6.45, 7) is 3.62. The molecule has 2 heterocycles. The summed E-state index contributed by atoms with van der Waals surface area (Å²) in [7, 11) is 0. The fourth-order valence-electron chi connectivity index (χ4n) is 1.95. The lowest BCUT2D eigenvalue weighted by Gasteiger charge is -2.15. The number of nitrogens with two attached hydrogens (primary N) is 1. The monoisotopic (exact) mass is 251 g/mol. The highest BCUT2D eigenvalue weighted by Gasteiger charge is 2.13. The molecule has 1 aromatic heterocycles. The van der Waals surface area contributed by atoms with Crippen LogP contribution in [0.4, 0.5) is 0 Å². The van der Waals surface area contributed by atoms with E-state index in [2.05, 4.69) is 20.3 Å². The minimum absolute atomic E-state index is 0.0268. The van der Waals surface area contributed by atoms with Crippen molar-refractivity contribution >= 4 is 5.84 Å². The molecular weight excluding hydrogens is 234 g/mol. The van der Waals surface area contributed by atoms with E-state index < -0.39 is 0 Å². The van der Waals surface area contributed by atoms with Crippen LogP contribution in [0.3, 0.4) is 0 Å². The molecule has 0 spiro atoms. The summed E-state index contributed by atoms with van der Waals surface area (Å²) < 4.78 is 5.53. The van der Waals surface area contributed by atoms with Crippen molar-refractivity contribution in [2.24, 2.45) is 10.9 Å². The van der Waals surface area contributed by atoms with Gasteiger partial charge in [0.15, 0.2) is 5.84 Å². The first-order valence-electron chi connectivity index (χ1n) is 5.96. The van der Waals surface area contributed by atoms with Gasteiger partial charge in [-0.2, -0.15) is 5.10 Å². The molecule has 1 aliphatic rings. The lowest BCUT2D eigenvalue weighted by Crippen LogP contribution is -2.26. The van der Waals surface area contributed by atoms with Crippen molar-refractivity contribution < 1.29 is 9.94 Å². The topological polar surface area (TPSA) is 96.9 Å². The second kappa shape index (κ2) is 6.15. The molecule has 0 saturated carbocycles. The molecule has 18 heavy (non-hydrogen) atoms. The minimum atomic E-state index is -0.0268. The van der Waals surface area contributed by atoms with Crippen molar-refractivity contribution in [3.8, 4) is 5.88 Å². The van der Waals surface area contributed by atoms with Crippen LogP contribution in [0, 0.1) is 0 Å². The number of nitrogens with zero attached hydrogens (tertiary/aromatic N) is 4. The summed E-state index contributed by atoms with van der Waals surface area (Å²) >= 11 is 0. The van der Waals surface area contributed by atoms with E-state index in [9.17, 15) is 0 Å². The fraction of sp³-hybridized carbons (Fsp3) is 0.545. The Bertz CT molecular complexity index is 418.